The molecule has 0 aliphatic carbocycles. The Morgan fingerprint density at radius 2 is 1.03 bits per heavy atom. The minimum Gasteiger partial charge on any atom is -0.481 e. The predicted molar refractivity (Wildman–Crippen MR) is 116 cm³/mol. The lowest BCUT2D eigenvalue weighted by Gasteiger charge is -2.23. The second-order valence-electron chi connectivity index (χ2n) is 7.86. The number of aliphatic carboxylic acids is 4. The molecule has 0 fully saturated rings. The first kappa shape index (κ1) is 31.7. The van der Waals surface area contributed by atoms with Crippen LogP contribution in [0.4, 0.5) is 0 Å². The number of carboxylic acids is 4. The van der Waals surface area contributed by atoms with Gasteiger partial charge in [-0.2, -0.15) is 0 Å². The number of carboxylic acid groups (broad SMARTS) is 4. The minimum atomic E-state index is -1.96. The van der Waals surface area contributed by atoms with Crippen molar-refractivity contribution in [3.63, 3.8) is 0 Å². The van der Waals surface area contributed by atoms with Gasteiger partial charge in [0.05, 0.1) is 31.8 Å². The highest BCUT2D eigenvalue weighted by Gasteiger charge is 2.32. The van der Waals surface area contributed by atoms with Gasteiger partial charge in [0.25, 0.3) is 0 Å². The molecule has 0 aliphatic heterocycles. The molecule has 4 amide bonds. The van der Waals surface area contributed by atoms with E-state index in [0.29, 0.717) is 0 Å². The van der Waals surface area contributed by atoms with Crippen LogP contribution in [-0.4, -0.2) is 98.6 Å². The first-order valence-corrected chi connectivity index (χ1v) is 10.4. The summed E-state index contributed by atoms with van der Waals surface area (Å²) in [4.78, 5) is 93.1. The molecule has 0 rings (SSSR count). The van der Waals surface area contributed by atoms with Gasteiger partial charge in [0.1, 0.15) is 18.1 Å². The first-order valence-electron chi connectivity index (χ1n) is 10.4. The SMILES string of the molecule is CC(C)[C@H](N)C(=O)NCC(=O)N[C@@H](CC(=O)O)C(=O)N[C@@H](CC(=O)O)C(=O)N[C@@H](CC(=O)O)C(=O)O. The summed E-state index contributed by atoms with van der Waals surface area (Å²) in [7, 11) is 0. The lowest BCUT2D eigenvalue weighted by molar-refractivity contribution is -0.148. The van der Waals surface area contributed by atoms with E-state index in [9.17, 15) is 38.4 Å². The van der Waals surface area contributed by atoms with E-state index < -0.39 is 97.5 Å². The van der Waals surface area contributed by atoms with E-state index in [4.69, 9.17) is 26.2 Å². The van der Waals surface area contributed by atoms with E-state index >= 15 is 0 Å². The summed E-state index contributed by atoms with van der Waals surface area (Å²) < 4.78 is 0. The van der Waals surface area contributed by atoms with Crippen LogP contribution < -0.4 is 27.0 Å². The summed E-state index contributed by atoms with van der Waals surface area (Å²) in [5, 5.41) is 43.7. The molecule has 0 aromatic heterocycles. The number of hydrogen-bond donors (Lipinski definition) is 9. The molecule has 0 saturated heterocycles. The molecule has 0 radical (unpaired) electrons. The summed E-state index contributed by atoms with van der Waals surface area (Å²) in [6, 6.07) is -6.69. The number of hydrogen-bond acceptors (Lipinski definition) is 9. The number of carbonyl (C=O) groups excluding carboxylic acids is 4. The first-order chi connectivity index (χ1) is 16.5. The Morgan fingerprint density at radius 3 is 1.42 bits per heavy atom. The minimum absolute atomic E-state index is 0.257. The normalized spacial score (nSPS) is 13.9. The number of nitrogens with one attached hydrogen (secondary N) is 4. The highest BCUT2D eigenvalue weighted by Crippen LogP contribution is 2.02. The molecule has 10 N–H and O–H groups in total. The molecule has 0 aliphatic rings. The second kappa shape index (κ2) is 14.9. The fourth-order valence-electron chi connectivity index (χ4n) is 2.52. The highest BCUT2D eigenvalue weighted by molar-refractivity contribution is 5.97. The van der Waals surface area contributed by atoms with Gasteiger partial charge >= 0.3 is 23.9 Å². The smallest absolute Gasteiger partial charge is 0.326 e. The van der Waals surface area contributed by atoms with Crippen molar-refractivity contribution in [2.24, 2.45) is 11.7 Å². The molecule has 17 heteroatoms. The lowest BCUT2D eigenvalue weighted by atomic mass is 10.1. The van der Waals surface area contributed by atoms with Crippen LogP contribution in [0.15, 0.2) is 0 Å². The topological polar surface area (TPSA) is 292 Å². The molecule has 36 heavy (non-hydrogen) atoms. The van der Waals surface area contributed by atoms with Gasteiger partial charge in [0, 0.05) is 0 Å². The average Bonchev–Trinajstić information content (AvgIpc) is 2.74. The van der Waals surface area contributed by atoms with Gasteiger partial charge in [-0.05, 0) is 5.92 Å². The maximum atomic E-state index is 12.6. The number of amides is 4. The van der Waals surface area contributed by atoms with Gasteiger partial charge in [-0.1, -0.05) is 13.8 Å². The van der Waals surface area contributed by atoms with Gasteiger partial charge in [0.2, 0.25) is 23.6 Å². The number of rotatable bonds is 16. The van der Waals surface area contributed by atoms with Crippen LogP contribution in [0.25, 0.3) is 0 Å². The van der Waals surface area contributed by atoms with Crippen molar-refractivity contribution >= 4 is 47.5 Å². The van der Waals surface area contributed by atoms with Crippen LogP contribution in [0.5, 0.6) is 0 Å². The van der Waals surface area contributed by atoms with Crippen molar-refractivity contribution in [1.82, 2.24) is 21.3 Å². The van der Waals surface area contributed by atoms with Crippen LogP contribution >= 0.6 is 0 Å². The summed E-state index contributed by atoms with van der Waals surface area (Å²) in [5.41, 5.74) is 5.62. The zero-order valence-corrected chi connectivity index (χ0v) is 19.3. The third kappa shape index (κ3) is 12.3. The van der Waals surface area contributed by atoms with Crippen LogP contribution in [0.2, 0.25) is 0 Å². The third-order valence-electron chi connectivity index (χ3n) is 4.48. The van der Waals surface area contributed by atoms with Crippen molar-refractivity contribution in [3.8, 4) is 0 Å². The predicted octanol–water partition coefficient (Wildman–Crippen LogP) is -3.95. The Bertz CT molecular complexity index is 890. The maximum absolute atomic E-state index is 12.6. The maximum Gasteiger partial charge on any atom is 0.326 e. The molecule has 0 unspecified atom stereocenters. The third-order valence-corrected chi connectivity index (χ3v) is 4.48. The lowest BCUT2D eigenvalue weighted by Crippen LogP contribution is -2.57. The van der Waals surface area contributed by atoms with E-state index in [1.54, 1.807) is 19.2 Å². The van der Waals surface area contributed by atoms with E-state index in [2.05, 4.69) is 5.32 Å². The van der Waals surface area contributed by atoms with Gasteiger partial charge in [-0.25, -0.2) is 4.79 Å². The Hall–Kier alpha value is -4.28. The second-order valence-corrected chi connectivity index (χ2v) is 7.86. The molecule has 0 heterocycles. The Labute approximate surface area is 203 Å². The molecule has 0 aromatic carbocycles. The van der Waals surface area contributed by atoms with E-state index in [1.807, 2.05) is 10.6 Å². The summed E-state index contributed by atoms with van der Waals surface area (Å²) >= 11 is 0. The van der Waals surface area contributed by atoms with Gasteiger partial charge in [-0.15, -0.1) is 0 Å². The van der Waals surface area contributed by atoms with Crippen LogP contribution in [0.3, 0.4) is 0 Å². The molecule has 4 atom stereocenters. The summed E-state index contributed by atoms with van der Waals surface area (Å²) in [6.45, 7) is 2.63. The molecule has 202 valence electrons. The molecule has 0 bridgehead atoms. The molecular weight excluding hydrogens is 490 g/mol. The van der Waals surface area contributed by atoms with Gasteiger partial charge in [-0.3, -0.25) is 33.6 Å². The molecule has 17 nitrogen and oxygen atoms in total. The van der Waals surface area contributed by atoms with Crippen LogP contribution in [-0.2, 0) is 38.4 Å². The zero-order chi connectivity index (χ0) is 28.2. The summed E-state index contributed by atoms with van der Waals surface area (Å²) in [6.07, 6.45) is -3.15. The van der Waals surface area contributed by atoms with Crippen molar-refractivity contribution < 1.29 is 58.8 Å². The Morgan fingerprint density at radius 1 is 0.639 bits per heavy atom. The highest BCUT2D eigenvalue weighted by atomic mass is 16.4. The number of carbonyl (C=O) groups is 8. The van der Waals surface area contributed by atoms with Crippen molar-refractivity contribution in [1.29, 1.82) is 0 Å². The molecular formula is C19H29N5O12. The largest absolute Gasteiger partial charge is 0.481 e. The molecule has 0 saturated carbocycles. The van der Waals surface area contributed by atoms with Crippen molar-refractivity contribution in [2.75, 3.05) is 6.54 Å². The summed E-state index contributed by atoms with van der Waals surface area (Å²) in [5.74, 6) is -11.2. The fraction of sp³-hybridized carbons (Fsp3) is 0.579. The quantitative estimate of drug-likeness (QED) is 0.0941. The van der Waals surface area contributed by atoms with Crippen molar-refractivity contribution in [3.05, 3.63) is 0 Å². The molecule has 0 spiro atoms. The van der Waals surface area contributed by atoms with E-state index in [0.717, 1.165) is 0 Å². The Balaban J connectivity index is 5.47. The monoisotopic (exact) mass is 519 g/mol. The van der Waals surface area contributed by atoms with Crippen molar-refractivity contribution in [2.45, 2.75) is 57.3 Å². The van der Waals surface area contributed by atoms with Gasteiger partial charge in [0.15, 0.2) is 0 Å². The van der Waals surface area contributed by atoms with Gasteiger partial charge < -0.3 is 47.4 Å². The average molecular weight is 519 g/mol. The van der Waals surface area contributed by atoms with Crippen LogP contribution in [0.1, 0.15) is 33.1 Å². The zero-order valence-electron chi connectivity index (χ0n) is 19.3. The molecule has 0 aromatic rings. The fourth-order valence-corrected chi connectivity index (χ4v) is 2.52. The van der Waals surface area contributed by atoms with Crippen LogP contribution in [0, 0.1) is 5.92 Å². The number of nitrogens with two attached hydrogens (primary N) is 1. The van der Waals surface area contributed by atoms with E-state index in [-0.39, 0.29) is 5.92 Å². The van der Waals surface area contributed by atoms with E-state index in [1.165, 1.54) is 0 Å². The standard InChI is InChI=1S/C19H29N5O12/c1-7(2)15(20)18(34)21-6-11(25)22-8(3-12(26)27)16(32)23-9(4-13(28)29)17(33)24-10(19(35)36)5-14(30)31/h7-10,15H,3-6,20H2,1-2H3,(H,21,34)(H,22,25)(H,23,32)(H,24,33)(H,26,27)(H,28,29)(H,30,31)(H,35,36)/t8-,9-,10-,15-/m0/s1. The Kier molecular flexibility index (Phi) is 13.1.